The topological polar surface area (TPSA) is 78.9 Å². The molecule has 3 heterocycles. The highest BCUT2D eigenvalue weighted by Gasteiger charge is 2.42. The second kappa shape index (κ2) is 7.89. The summed E-state index contributed by atoms with van der Waals surface area (Å²) in [4.78, 5) is 28.1. The van der Waals surface area contributed by atoms with E-state index in [0.29, 0.717) is 26.2 Å². The van der Waals surface area contributed by atoms with E-state index in [1.165, 1.54) is 0 Å². The number of hydrogen-bond donors (Lipinski definition) is 2. The molecule has 2 aliphatic heterocycles. The van der Waals surface area contributed by atoms with Crippen LogP contribution < -0.4 is 5.32 Å². The van der Waals surface area contributed by atoms with Crippen LogP contribution in [-0.4, -0.2) is 53.2 Å². The number of thiophene rings is 1. The predicted molar refractivity (Wildman–Crippen MR) is 102 cm³/mol. The maximum Gasteiger partial charge on any atom is 0.225 e. The van der Waals surface area contributed by atoms with Crippen LogP contribution in [0.3, 0.4) is 0 Å². The summed E-state index contributed by atoms with van der Waals surface area (Å²) in [5.41, 5.74) is -0.777. The van der Waals surface area contributed by atoms with Gasteiger partial charge in [-0.2, -0.15) is 0 Å². The van der Waals surface area contributed by atoms with E-state index in [1.807, 2.05) is 22.4 Å². The number of ether oxygens (including phenoxy) is 1. The Morgan fingerprint density at radius 3 is 2.96 bits per heavy atom. The highest BCUT2D eigenvalue weighted by molar-refractivity contribution is 7.09. The normalized spacial score (nSPS) is 29.5. The van der Waals surface area contributed by atoms with Crippen LogP contribution in [0.4, 0.5) is 0 Å². The molecule has 0 unspecified atom stereocenters. The standard InChI is InChI=1S/C20H28N2O4S/c23-18(10-20(25)5-2-6-20)22-7-4-17-14(12-22)9-15(13-26-17)19(24)21-11-16-3-1-8-27-16/h1,3,8,14-15,17,25H,2,4-7,9-13H2,(H,21,24)/t14-,15-,17+/m0/s1. The molecule has 4 rings (SSSR count). The van der Waals surface area contributed by atoms with Crippen LogP contribution in [0.25, 0.3) is 0 Å². The van der Waals surface area contributed by atoms with E-state index in [2.05, 4.69) is 5.32 Å². The fraction of sp³-hybridized carbons (Fsp3) is 0.700. The van der Waals surface area contributed by atoms with Gasteiger partial charge in [0.1, 0.15) is 0 Å². The van der Waals surface area contributed by atoms with Gasteiger partial charge in [-0.25, -0.2) is 0 Å². The zero-order valence-corrected chi connectivity index (χ0v) is 16.4. The van der Waals surface area contributed by atoms with Crippen LogP contribution in [0.1, 0.15) is 43.4 Å². The first-order valence-corrected chi connectivity index (χ1v) is 10.8. The lowest BCUT2D eigenvalue weighted by molar-refractivity contribution is -0.151. The number of aliphatic hydroxyl groups is 1. The van der Waals surface area contributed by atoms with Gasteiger partial charge < -0.3 is 20.1 Å². The maximum atomic E-state index is 12.6. The average molecular weight is 393 g/mol. The maximum absolute atomic E-state index is 12.6. The largest absolute Gasteiger partial charge is 0.389 e. The number of nitrogens with one attached hydrogen (secondary N) is 1. The Bertz CT molecular complexity index is 674. The number of carbonyl (C=O) groups excluding carboxylic acids is 2. The predicted octanol–water partition coefficient (Wildman–Crippen LogP) is 1.92. The number of hydrogen-bond acceptors (Lipinski definition) is 5. The van der Waals surface area contributed by atoms with E-state index >= 15 is 0 Å². The lowest BCUT2D eigenvalue weighted by Gasteiger charge is -2.44. The fourth-order valence-electron chi connectivity index (χ4n) is 4.43. The number of nitrogens with zero attached hydrogens (tertiary/aromatic N) is 1. The molecule has 2 N–H and O–H groups in total. The third-order valence-electron chi connectivity index (χ3n) is 6.27. The van der Waals surface area contributed by atoms with Crippen LogP contribution in [0, 0.1) is 11.8 Å². The number of likely N-dealkylation sites (tertiary alicyclic amines) is 1. The summed E-state index contributed by atoms with van der Waals surface area (Å²) >= 11 is 1.63. The number of amides is 2. The Morgan fingerprint density at radius 2 is 2.26 bits per heavy atom. The monoisotopic (exact) mass is 392 g/mol. The highest BCUT2D eigenvalue weighted by atomic mass is 32.1. The molecule has 0 radical (unpaired) electrons. The first-order valence-electron chi connectivity index (χ1n) is 9.94. The van der Waals surface area contributed by atoms with Crippen LogP contribution in [0.15, 0.2) is 17.5 Å². The van der Waals surface area contributed by atoms with E-state index in [9.17, 15) is 14.7 Å². The van der Waals surface area contributed by atoms with Crippen molar-refractivity contribution in [1.29, 1.82) is 0 Å². The second-order valence-electron chi connectivity index (χ2n) is 8.24. The Kier molecular flexibility index (Phi) is 5.53. The molecule has 1 aromatic rings. The van der Waals surface area contributed by atoms with Crippen molar-refractivity contribution in [1.82, 2.24) is 10.2 Å². The molecular formula is C20H28N2O4S. The quantitative estimate of drug-likeness (QED) is 0.803. The van der Waals surface area contributed by atoms with E-state index in [-0.39, 0.29) is 36.2 Å². The summed E-state index contributed by atoms with van der Waals surface area (Å²) in [6.45, 7) is 2.34. The minimum atomic E-state index is -0.777. The van der Waals surface area contributed by atoms with Crippen molar-refractivity contribution in [2.45, 2.75) is 56.8 Å². The Hall–Kier alpha value is -1.44. The molecule has 0 aromatic carbocycles. The zero-order valence-electron chi connectivity index (χ0n) is 15.6. The smallest absolute Gasteiger partial charge is 0.225 e. The van der Waals surface area contributed by atoms with Gasteiger partial charge in [0.25, 0.3) is 0 Å². The van der Waals surface area contributed by atoms with Crippen LogP contribution >= 0.6 is 11.3 Å². The van der Waals surface area contributed by atoms with E-state index in [4.69, 9.17) is 4.74 Å². The van der Waals surface area contributed by atoms with Gasteiger partial charge in [0.15, 0.2) is 0 Å². The summed E-state index contributed by atoms with van der Waals surface area (Å²) in [5.74, 6) is 0.121. The Labute approximate surface area is 163 Å². The molecule has 148 valence electrons. The molecule has 7 heteroatoms. The van der Waals surface area contributed by atoms with Crippen molar-refractivity contribution in [3.05, 3.63) is 22.4 Å². The van der Waals surface area contributed by atoms with Gasteiger partial charge in [-0.05, 0) is 43.6 Å². The summed E-state index contributed by atoms with van der Waals surface area (Å²) in [6, 6.07) is 3.99. The molecular weight excluding hydrogens is 364 g/mol. The molecule has 1 aromatic heterocycles. The molecule has 1 saturated carbocycles. The minimum absolute atomic E-state index is 0.0362. The summed E-state index contributed by atoms with van der Waals surface area (Å²) in [6.07, 6.45) is 4.42. The van der Waals surface area contributed by atoms with Crippen LogP contribution in [0.5, 0.6) is 0 Å². The lowest BCUT2D eigenvalue weighted by atomic mass is 9.77. The van der Waals surface area contributed by atoms with E-state index in [1.54, 1.807) is 11.3 Å². The molecule has 3 fully saturated rings. The molecule has 0 bridgehead atoms. The molecule has 3 atom stereocenters. The molecule has 27 heavy (non-hydrogen) atoms. The van der Waals surface area contributed by atoms with Crippen molar-refractivity contribution >= 4 is 23.2 Å². The first-order chi connectivity index (χ1) is 13.0. The van der Waals surface area contributed by atoms with Crippen LogP contribution in [-0.2, 0) is 20.9 Å². The molecule has 1 aliphatic carbocycles. The number of carbonyl (C=O) groups is 2. The molecule has 3 aliphatic rings. The van der Waals surface area contributed by atoms with Crippen LogP contribution in [0.2, 0.25) is 0 Å². The van der Waals surface area contributed by atoms with Gasteiger partial charge in [-0.3, -0.25) is 9.59 Å². The van der Waals surface area contributed by atoms with E-state index in [0.717, 1.165) is 37.0 Å². The summed E-state index contributed by atoms with van der Waals surface area (Å²) in [5, 5.41) is 15.3. The molecule has 2 amide bonds. The van der Waals surface area contributed by atoms with Crippen molar-refractivity contribution in [2.75, 3.05) is 19.7 Å². The van der Waals surface area contributed by atoms with Gasteiger partial charge >= 0.3 is 0 Å². The number of rotatable bonds is 5. The van der Waals surface area contributed by atoms with Gasteiger partial charge in [0.2, 0.25) is 11.8 Å². The summed E-state index contributed by atoms with van der Waals surface area (Å²) < 4.78 is 5.97. The van der Waals surface area contributed by atoms with E-state index < -0.39 is 5.60 Å². The van der Waals surface area contributed by atoms with Gasteiger partial charge in [-0.15, -0.1) is 11.3 Å². The third-order valence-corrected chi connectivity index (χ3v) is 7.14. The SMILES string of the molecule is O=C(NCc1cccs1)[C@@H]1CO[C@@H]2CCN(C(=O)CC3(O)CCC3)C[C@@H]2C1. The van der Waals surface area contributed by atoms with Gasteiger partial charge in [0, 0.05) is 23.9 Å². The fourth-order valence-corrected chi connectivity index (χ4v) is 5.07. The summed E-state index contributed by atoms with van der Waals surface area (Å²) in [7, 11) is 0. The molecule has 2 saturated heterocycles. The second-order valence-corrected chi connectivity index (χ2v) is 9.28. The lowest BCUT2D eigenvalue weighted by Crippen LogP contribution is -2.53. The molecule has 0 spiro atoms. The van der Waals surface area contributed by atoms with Crippen molar-refractivity contribution in [3.8, 4) is 0 Å². The average Bonchev–Trinajstić information content (AvgIpc) is 3.17. The highest BCUT2D eigenvalue weighted by Crippen LogP contribution is 2.36. The Balaban J connectivity index is 1.29. The minimum Gasteiger partial charge on any atom is -0.389 e. The third kappa shape index (κ3) is 4.36. The zero-order chi connectivity index (χ0) is 18.9. The van der Waals surface area contributed by atoms with Crippen molar-refractivity contribution < 1.29 is 19.4 Å². The van der Waals surface area contributed by atoms with Crippen molar-refractivity contribution in [3.63, 3.8) is 0 Å². The number of piperidine rings is 1. The van der Waals surface area contributed by atoms with Gasteiger partial charge in [-0.1, -0.05) is 6.07 Å². The van der Waals surface area contributed by atoms with Crippen molar-refractivity contribution in [2.24, 2.45) is 11.8 Å². The molecule has 6 nitrogen and oxygen atoms in total. The Morgan fingerprint density at radius 1 is 1.41 bits per heavy atom. The first kappa shape index (κ1) is 18.9. The number of fused-ring (bicyclic) bond motifs is 1. The van der Waals surface area contributed by atoms with Gasteiger partial charge in [0.05, 0.1) is 37.2 Å².